The molecule has 0 aromatic rings. The highest BCUT2D eigenvalue weighted by molar-refractivity contribution is 5.73. The Bertz CT molecular complexity index is 93.1. The molecule has 38 valence electrons. The first-order valence-corrected chi connectivity index (χ1v) is 1.80. The van der Waals surface area contributed by atoms with Crippen molar-refractivity contribution in [3.8, 4) is 0 Å². The summed E-state index contributed by atoms with van der Waals surface area (Å²) in [6.45, 7) is 3.17. The minimum atomic E-state index is 1.33. The molecule has 0 saturated carbocycles. The fourth-order valence-corrected chi connectivity index (χ4v) is 0.144. The van der Waals surface area contributed by atoms with Crippen molar-refractivity contribution in [2.24, 2.45) is 15.0 Å². The lowest BCUT2D eigenvalue weighted by Crippen LogP contribution is -1.64. The second-order valence-electron chi connectivity index (χ2n) is 0.821. The van der Waals surface area contributed by atoms with E-state index < -0.39 is 0 Å². The van der Waals surface area contributed by atoms with Gasteiger partial charge in [-0.05, 0) is 6.72 Å². The van der Waals surface area contributed by atoms with Crippen LogP contribution in [-0.4, -0.2) is 26.4 Å². The van der Waals surface area contributed by atoms with E-state index >= 15 is 0 Å². The van der Waals surface area contributed by atoms with Gasteiger partial charge in [-0.25, -0.2) is 4.99 Å². The van der Waals surface area contributed by atoms with Gasteiger partial charge in [0.1, 0.15) is 12.7 Å². The van der Waals surface area contributed by atoms with Crippen LogP contribution in [0, 0.1) is 0 Å². The van der Waals surface area contributed by atoms with E-state index in [1.807, 2.05) is 0 Å². The van der Waals surface area contributed by atoms with E-state index in [4.69, 9.17) is 0 Å². The first-order valence-electron chi connectivity index (χ1n) is 1.80. The molecule has 0 aromatic carbocycles. The Labute approximate surface area is 42.5 Å². The number of hydrogen-bond acceptors (Lipinski definition) is 1. The first kappa shape index (κ1) is 6.01. The van der Waals surface area contributed by atoms with Crippen LogP contribution in [0.25, 0.3) is 0 Å². The molecule has 0 rings (SSSR count). The van der Waals surface area contributed by atoms with Crippen LogP contribution in [0.2, 0.25) is 0 Å². The smallest absolute Gasteiger partial charge is 0.116 e. The van der Waals surface area contributed by atoms with Gasteiger partial charge in [0.2, 0.25) is 0 Å². The molecule has 0 amide bonds. The van der Waals surface area contributed by atoms with Crippen LogP contribution >= 0.6 is 0 Å². The summed E-state index contributed by atoms with van der Waals surface area (Å²) >= 11 is 0. The largest absolute Gasteiger partial charge is 0.277 e. The zero-order valence-electron chi connectivity index (χ0n) is 4.20. The topological polar surface area (TPSA) is 37.1 Å². The Morgan fingerprint density at radius 2 is 2.14 bits per heavy atom. The van der Waals surface area contributed by atoms with Crippen LogP contribution in [0.5, 0.6) is 0 Å². The fraction of sp³-hybridized carbons (Fsp3) is 0.250. The fourth-order valence-electron chi connectivity index (χ4n) is 0.144. The molecule has 0 aromatic heterocycles. The van der Waals surface area contributed by atoms with Crippen LogP contribution in [0.15, 0.2) is 15.0 Å². The van der Waals surface area contributed by atoms with E-state index in [-0.39, 0.29) is 0 Å². The summed E-state index contributed by atoms with van der Waals surface area (Å²) < 4.78 is 0. The van der Waals surface area contributed by atoms with E-state index in [1.54, 1.807) is 7.05 Å². The molecule has 0 bridgehead atoms. The van der Waals surface area contributed by atoms with Gasteiger partial charge in [-0.1, -0.05) is 0 Å². The van der Waals surface area contributed by atoms with E-state index in [2.05, 4.69) is 21.7 Å². The molecule has 0 atom stereocenters. The van der Waals surface area contributed by atoms with E-state index in [1.165, 1.54) is 12.7 Å². The molecule has 3 nitrogen and oxygen atoms in total. The maximum absolute atomic E-state index is 3.56. The Hall–Kier alpha value is -0.990. The van der Waals surface area contributed by atoms with Crippen molar-refractivity contribution in [1.29, 1.82) is 0 Å². The summed E-state index contributed by atoms with van der Waals surface area (Å²) in [5.74, 6) is 0. The van der Waals surface area contributed by atoms with Crippen LogP contribution in [0.1, 0.15) is 0 Å². The van der Waals surface area contributed by atoms with Gasteiger partial charge in [0.05, 0.1) is 0 Å². The Kier molecular flexibility index (Phi) is 4.30. The molecular formula is C4H7N3. The summed E-state index contributed by atoms with van der Waals surface area (Å²) in [7, 11) is 1.64. The number of aliphatic imine (C=N–C) groups is 3. The van der Waals surface area contributed by atoms with Crippen molar-refractivity contribution in [2.75, 3.05) is 7.05 Å². The molecule has 7 heavy (non-hydrogen) atoms. The quantitative estimate of drug-likeness (QED) is 0.353. The van der Waals surface area contributed by atoms with Gasteiger partial charge in [-0.15, -0.1) is 0 Å². The molecule has 0 aliphatic rings. The lowest BCUT2D eigenvalue weighted by atomic mass is 11.1. The van der Waals surface area contributed by atoms with E-state index in [0.717, 1.165) is 0 Å². The van der Waals surface area contributed by atoms with Gasteiger partial charge in [0, 0.05) is 7.05 Å². The highest BCUT2D eigenvalue weighted by Crippen LogP contribution is 1.56. The van der Waals surface area contributed by atoms with Crippen LogP contribution < -0.4 is 0 Å². The van der Waals surface area contributed by atoms with E-state index in [9.17, 15) is 0 Å². The summed E-state index contributed by atoms with van der Waals surface area (Å²) in [5, 5.41) is 0. The maximum Gasteiger partial charge on any atom is 0.116 e. The lowest BCUT2D eigenvalue weighted by molar-refractivity contribution is 1.44. The monoisotopic (exact) mass is 97.1 g/mol. The van der Waals surface area contributed by atoms with Gasteiger partial charge in [0.25, 0.3) is 0 Å². The van der Waals surface area contributed by atoms with Crippen LogP contribution in [0.4, 0.5) is 0 Å². The number of hydrogen-bond donors (Lipinski definition) is 0. The molecule has 0 spiro atoms. The average Bonchev–Trinajstić information content (AvgIpc) is 1.69. The normalized spacial score (nSPS) is 11.0. The third kappa shape index (κ3) is 5.01. The third-order valence-electron chi connectivity index (χ3n) is 0.330. The molecular weight excluding hydrogens is 90.1 g/mol. The number of rotatable bonds is 2. The average molecular weight is 97.1 g/mol. The van der Waals surface area contributed by atoms with Crippen molar-refractivity contribution in [3.05, 3.63) is 0 Å². The molecule has 0 radical (unpaired) electrons. The minimum absolute atomic E-state index is 1.33. The SMILES string of the molecule is C=N/C=N\C=N/C. The van der Waals surface area contributed by atoms with Gasteiger partial charge in [-0.2, -0.15) is 0 Å². The Morgan fingerprint density at radius 3 is 2.57 bits per heavy atom. The van der Waals surface area contributed by atoms with Crippen molar-refractivity contribution >= 4 is 19.4 Å². The predicted octanol–water partition coefficient (Wildman–Crippen LogP) is 0.373. The zero-order chi connectivity index (χ0) is 5.54. The molecule has 0 aliphatic heterocycles. The summed E-state index contributed by atoms with van der Waals surface area (Å²) in [5.41, 5.74) is 0. The minimum Gasteiger partial charge on any atom is -0.277 e. The van der Waals surface area contributed by atoms with Gasteiger partial charge in [0.15, 0.2) is 0 Å². The molecule has 0 saturated heterocycles. The van der Waals surface area contributed by atoms with Crippen LogP contribution in [-0.2, 0) is 0 Å². The predicted molar refractivity (Wildman–Crippen MR) is 32.5 cm³/mol. The molecule has 0 aliphatic carbocycles. The van der Waals surface area contributed by atoms with Gasteiger partial charge >= 0.3 is 0 Å². The lowest BCUT2D eigenvalue weighted by Gasteiger charge is -1.66. The second-order valence-corrected chi connectivity index (χ2v) is 0.821. The van der Waals surface area contributed by atoms with Crippen molar-refractivity contribution in [1.82, 2.24) is 0 Å². The highest BCUT2D eigenvalue weighted by atomic mass is 14.9. The second kappa shape index (κ2) is 5.01. The Morgan fingerprint density at radius 1 is 1.43 bits per heavy atom. The zero-order valence-corrected chi connectivity index (χ0v) is 4.20. The highest BCUT2D eigenvalue weighted by Gasteiger charge is 1.52. The molecule has 3 heteroatoms. The van der Waals surface area contributed by atoms with Crippen molar-refractivity contribution < 1.29 is 0 Å². The van der Waals surface area contributed by atoms with Gasteiger partial charge in [-0.3, -0.25) is 9.98 Å². The summed E-state index contributed by atoms with van der Waals surface area (Å²) in [6.07, 6.45) is 2.72. The molecule has 0 fully saturated rings. The first-order chi connectivity index (χ1) is 3.41. The van der Waals surface area contributed by atoms with Crippen LogP contribution in [0.3, 0.4) is 0 Å². The number of nitrogens with zero attached hydrogens (tertiary/aromatic N) is 3. The molecule has 0 unspecified atom stereocenters. The third-order valence-corrected chi connectivity index (χ3v) is 0.330. The summed E-state index contributed by atoms with van der Waals surface area (Å²) in [6, 6.07) is 0. The van der Waals surface area contributed by atoms with Crippen molar-refractivity contribution in [3.63, 3.8) is 0 Å². The summed E-state index contributed by atoms with van der Waals surface area (Å²) in [4.78, 5) is 10.5. The maximum atomic E-state index is 3.56. The van der Waals surface area contributed by atoms with E-state index in [0.29, 0.717) is 0 Å². The molecule has 0 N–H and O–H groups in total. The van der Waals surface area contributed by atoms with Gasteiger partial charge < -0.3 is 0 Å². The van der Waals surface area contributed by atoms with Crippen molar-refractivity contribution in [2.45, 2.75) is 0 Å². The Balaban J connectivity index is 3.27. The standard InChI is InChI=1S/C4H7N3/c1-5-3-7-4-6-2/h3-4H,1H2,2H3/b6-4-,7-3-. The molecule has 0 heterocycles.